The Morgan fingerprint density at radius 2 is 1.84 bits per heavy atom. The number of fused-ring (bicyclic) bond motifs is 1. The topological polar surface area (TPSA) is 106 Å². The van der Waals surface area contributed by atoms with Crippen LogP contribution in [0, 0.1) is 11.3 Å². The second-order valence-corrected chi connectivity index (χ2v) is 9.67. The van der Waals surface area contributed by atoms with E-state index in [4.69, 9.17) is 24.4 Å². The minimum Gasteiger partial charge on any atom is -0.497 e. The maximum atomic E-state index is 12.7. The fourth-order valence-electron chi connectivity index (χ4n) is 3.63. The van der Waals surface area contributed by atoms with Crippen LogP contribution in [0.4, 0.5) is 0 Å². The highest BCUT2D eigenvalue weighted by Gasteiger charge is 2.35. The number of thioether (sulfide) groups is 1. The Kier molecular flexibility index (Phi) is 8.50. The van der Waals surface area contributed by atoms with Gasteiger partial charge >= 0.3 is 0 Å². The SMILES string of the molecule is CCOc1cc(/C=C2/C(=N)N3N=C(CC(C)C)SC3=NC2=O)ccc1OCCOc1cccc(OC)c1. The summed E-state index contributed by atoms with van der Waals surface area (Å²) in [5.74, 6) is 2.47. The molecule has 0 radical (unpaired) electrons. The van der Waals surface area contributed by atoms with E-state index in [9.17, 15) is 4.79 Å². The number of carbonyl (C=O) groups excluding carboxylic acids is 1. The van der Waals surface area contributed by atoms with Crippen LogP contribution in [0.5, 0.6) is 23.0 Å². The molecule has 0 saturated heterocycles. The third-order valence-electron chi connectivity index (χ3n) is 5.31. The van der Waals surface area contributed by atoms with Gasteiger partial charge in [0.2, 0.25) is 5.17 Å². The zero-order chi connectivity index (χ0) is 26.4. The van der Waals surface area contributed by atoms with Crippen LogP contribution in [-0.2, 0) is 4.79 Å². The third-order valence-corrected chi connectivity index (χ3v) is 6.24. The number of benzene rings is 2. The highest BCUT2D eigenvalue weighted by molar-refractivity contribution is 8.26. The minimum atomic E-state index is -0.460. The molecule has 0 atom stereocenters. The number of carbonyl (C=O) groups is 1. The Morgan fingerprint density at radius 3 is 2.59 bits per heavy atom. The predicted octanol–water partition coefficient (Wildman–Crippen LogP) is 5.22. The largest absolute Gasteiger partial charge is 0.497 e. The van der Waals surface area contributed by atoms with Gasteiger partial charge in [0, 0.05) is 12.5 Å². The van der Waals surface area contributed by atoms with Crippen molar-refractivity contribution >= 4 is 39.8 Å². The van der Waals surface area contributed by atoms with Gasteiger partial charge in [0.25, 0.3) is 5.91 Å². The molecule has 0 aliphatic carbocycles. The minimum absolute atomic E-state index is 0.00855. The van der Waals surface area contributed by atoms with E-state index in [1.54, 1.807) is 31.4 Å². The lowest BCUT2D eigenvalue weighted by molar-refractivity contribution is -0.114. The number of hydrazone groups is 1. The summed E-state index contributed by atoms with van der Waals surface area (Å²) in [7, 11) is 1.61. The van der Waals surface area contributed by atoms with Crippen LogP contribution in [-0.4, -0.2) is 53.9 Å². The fourth-order valence-corrected chi connectivity index (χ4v) is 4.73. The van der Waals surface area contributed by atoms with Crippen molar-refractivity contribution in [1.82, 2.24) is 5.01 Å². The molecular formula is C27H30N4O5S. The lowest BCUT2D eigenvalue weighted by Crippen LogP contribution is -2.35. The number of nitrogens with zero attached hydrogens (tertiary/aromatic N) is 3. The van der Waals surface area contributed by atoms with Gasteiger partial charge in [-0.05, 0) is 60.5 Å². The molecule has 1 amide bonds. The van der Waals surface area contributed by atoms with Crippen LogP contribution in [0.15, 0.2) is 58.1 Å². The van der Waals surface area contributed by atoms with Crippen molar-refractivity contribution in [2.24, 2.45) is 16.0 Å². The van der Waals surface area contributed by atoms with Crippen molar-refractivity contribution in [2.45, 2.75) is 27.2 Å². The molecule has 2 heterocycles. The van der Waals surface area contributed by atoms with E-state index in [0.717, 1.165) is 17.2 Å². The maximum Gasteiger partial charge on any atom is 0.283 e. The maximum absolute atomic E-state index is 12.7. The molecule has 0 saturated carbocycles. The lowest BCUT2D eigenvalue weighted by atomic mass is 10.1. The van der Waals surface area contributed by atoms with Crippen molar-refractivity contribution in [2.75, 3.05) is 26.9 Å². The zero-order valence-corrected chi connectivity index (χ0v) is 22.1. The highest BCUT2D eigenvalue weighted by Crippen LogP contribution is 2.33. The predicted molar refractivity (Wildman–Crippen MR) is 146 cm³/mol. The van der Waals surface area contributed by atoms with E-state index < -0.39 is 5.91 Å². The van der Waals surface area contributed by atoms with Gasteiger partial charge in [0.05, 0.1) is 19.3 Å². The van der Waals surface area contributed by atoms with Gasteiger partial charge in [0.15, 0.2) is 17.3 Å². The Balaban J connectivity index is 1.45. The summed E-state index contributed by atoms with van der Waals surface area (Å²) in [5.41, 5.74) is 0.857. The van der Waals surface area contributed by atoms with Gasteiger partial charge in [-0.1, -0.05) is 26.0 Å². The number of methoxy groups -OCH3 is 1. The highest BCUT2D eigenvalue weighted by atomic mass is 32.2. The van der Waals surface area contributed by atoms with Gasteiger partial charge < -0.3 is 18.9 Å². The molecule has 0 spiro atoms. The molecule has 2 aromatic carbocycles. The summed E-state index contributed by atoms with van der Waals surface area (Å²) in [5, 5.41) is 15.8. The Morgan fingerprint density at radius 1 is 1.05 bits per heavy atom. The van der Waals surface area contributed by atoms with E-state index >= 15 is 0 Å². The molecule has 1 N–H and O–H groups in total. The van der Waals surface area contributed by atoms with Crippen LogP contribution in [0.2, 0.25) is 0 Å². The summed E-state index contributed by atoms with van der Waals surface area (Å²) in [6.45, 7) is 7.17. The fraction of sp³-hybridized carbons (Fsp3) is 0.333. The Labute approximate surface area is 220 Å². The van der Waals surface area contributed by atoms with Crippen LogP contribution in [0.3, 0.4) is 0 Å². The Bertz CT molecular complexity index is 1270. The molecule has 2 aliphatic heterocycles. The number of ether oxygens (including phenoxy) is 4. The van der Waals surface area contributed by atoms with E-state index in [-0.39, 0.29) is 11.4 Å². The monoisotopic (exact) mass is 522 g/mol. The number of rotatable bonds is 11. The summed E-state index contributed by atoms with van der Waals surface area (Å²) in [6, 6.07) is 12.7. The van der Waals surface area contributed by atoms with Gasteiger partial charge in [0.1, 0.15) is 29.8 Å². The van der Waals surface area contributed by atoms with E-state index in [0.29, 0.717) is 53.7 Å². The van der Waals surface area contributed by atoms with Crippen molar-refractivity contribution < 1.29 is 23.7 Å². The third kappa shape index (κ3) is 6.51. The quantitative estimate of drug-likeness (QED) is 0.319. The van der Waals surface area contributed by atoms with Crippen LogP contribution < -0.4 is 18.9 Å². The lowest BCUT2D eigenvalue weighted by Gasteiger charge is -2.20. The normalized spacial score (nSPS) is 16.0. The molecule has 2 aromatic rings. The van der Waals surface area contributed by atoms with E-state index in [2.05, 4.69) is 23.9 Å². The summed E-state index contributed by atoms with van der Waals surface area (Å²) in [4.78, 5) is 16.9. The summed E-state index contributed by atoms with van der Waals surface area (Å²) in [6.07, 6.45) is 2.40. The number of nitrogens with one attached hydrogen (secondary N) is 1. The summed E-state index contributed by atoms with van der Waals surface area (Å²) < 4.78 is 22.6. The second kappa shape index (κ2) is 12.0. The second-order valence-electron chi connectivity index (χ2n) is 8.63. The molecule has 0 bridgehead atoms. The molecule has 9 nitrogen and oxygen atoms in total. The zero-order valence-electron chi connectivity index (χ0n) is 21.3. The van der Waals surface area contributed by atoms with Crippen LogP contribution >= 0.6 is 11.8 Å². The first-order valence-corrected chi connectivity index (χ1v) is 12.8. The van der Waals surface area contributed by atoms with Gasteiger partial charge in [-0.25, -0.2) is 0 Å². The van der Waals surface area contributed by atoms with E-state index in [1.165, 1.54) is 16.8 Å². The first-order chi connectivity index (χ1) is 17.9. The first-order valence-electron chi connectivity index (χ1n) is 12.0. The average molecular weight is 523 g/mol. The van der Waals surface area contributed by atoms with E-state index in [1.807, 2.05) is 31.2 Å². The molecular weight excluding hydrogens is 492 g/mol. The van der Waals surface area contributed by atoms with Crippen molar-refractivity contribution in [3.8, 4) is 23.0 Å². The molecule has 0 fully saturated rings. The smallest absolute Gasteiger partial charge is 0.283 e. The number of amides is 1. The van der Waals surface area contributed by atoms with Crippen molar-refractivity contribution in [3.05, 3.63) is 53.6 Å². The van der Waals surface area contributed by atoms with Gasteiger partial charge in [-0.2, -0.15) is 15.1 Å². The number of aliphatic imine (C=N–C) groups is 1. The van der Waals surface area contributed by atoms with Crippen molar-refractivity contribution in [3.63, 3.8) is 0 Å². The van der Waals surface area contributed by atoms with Crippen molar-refractivity contribution in [1.29, 1.82) is 5.41 Å². The molecule has 37 heavy (non-hydrogen) atoms. The molecule has 0 unspecified atom stereocenters. The van der Waals surface area contributed by atoms with Gasteiger partial charge in [-0.15, -0.1) is 0 Å². The molecule has 194 valence electrons. The van der Waals surface area contributed by atoms with Crippen LogP contribution in [0.25, 0.3) is 6.08 Å². The van der Waals surface area contributed by atoms with Gasteiger partial charge in [-0.3, -0.25) is 10.2 Å². The average Bonchev–Trinajstić information content (AvgIpc) is 3.27. The number of hydrogen-bond donors (Lipinski definition) is 1. The Hall–Kier alpha value is -3.79. The molecule has 2 aliphatic rings. The standard InChI is InChI=1S/C27H30N4O5S/c1-5-34-23-15-18(9-10-22(23)36-12-11-35-20-8-6-7-19(16-20)33-4)14-21-25(28)31-27(29-26(21)32)37-24(30-31)13-17(2)3/h6-10,14-17,28H,5,11-13H2,1-4H3/b21-14-,28-25?. The molecule has 0 aromatic heterocycles. The van der Waals surface area contributed by atoms with Crippen LogP contribution in [0.1, 0.15) is 32.8 Å². The number of hydrogen-bond acceptors (Lipinski definition) is 8. The number of amidine groups is 2. The molecule has 4 rings (SSSR count). The molecule has 10 heteroatoms. The first kappa shape index (κ1) is 26.3. The summed E-state index contributed by atoms with van der Waals surface area (Å²) >= 11 is 1.34.